The van der Waals surface area contributed by atoms with Crippen molar-refractivity contribution in [3.63, 3.8) is 0 Å². The normalized spacial score (nSPS) is 22.2. The van der Waals surface area contributed by atoms with E-state index in [1.54, 1.807) is 12.1 Å². The Morgan fingerprint density at radius 2 is 1.96 bits per heavy atom. The highest BCUT2D eigenvalue weighted by molar-refractivity contribution is 5.94. The Bertz CT molecular complexity index is 983. The van der Waals surface area contributed by atoms with Crippen molar-refractivity contribution in [2.45, 2.75) is 18.9 Å². The van der Waals surface area contributed by atoms with E-state index in [-0.39, 0.29) is 11.7 Å². The van der Waals surface area contributed by atoms with E-state index in [9.17, 15) is 9.18 Å². The number of hydrogen-bond donors (Lipinski definition) is 1. The molecule has 0 spiro atoms. The van der Waals surface area contributed by atoms with E-state index >= 15 is 0 Å². The minimum Gasteiger partial charge on any atom is -0.337 e. The summed E-state index contributed by atoms with van der Waals surface area (Å²) in [6, 6.07) is 10.4. The number of aromatic nitrogens is 2. The van der Waals surface area contributed by atoms with Crippen LogP contribution in [0.5, 0.6) is 0 Å². The summed E-state index contributed by atoms with van der Waals surface area (Å²) in [6.45, 7) is 2.67. The van der Waals surface area contributed by atoms with E-state index in [0.717, 1.165) is 36.5 Å². The van der Waals surface area contributed by atoms with Gasteiger partial charge in [-0.15, -0.1) is 0 Å². The molecular weight excluding hydrogens is 343 g/mol. The van der Waals surface area contributed by atoms with E-state index < -0.39 is 0 Å². The van der Waals surface area contributed by atoms with Crippen LogP contribution in [0.25, 0.3) is 16.9 Å². The van der Waals surface area contributed by atoms with E-state index in [2.05, 4.69) is 10.3 Å². The van der Waals surface area contributed by atoms with E-state index in [1.807, 2.05) is 33.8 Å². The molecule has 138 valence electrons. The summed E-state index contributed by atoms with van der Waals surface area (Å²) in [5.41, 5.74) is 3.05. The summed E-state index contributed by atoms with van der Waals surface area (Å²) in [7, 11) is 0. The first-order valence-electron chi connectivity index (χ1n) is 9.45. The van der Waals surface area contributed by atoms with Crippen LogP contribution in [-0.4, -0.2) is 45.9 Å². The van der Waals surface area contributed by atoms with Crippen LogP contribution in [0, 0.1) is 11.7 Å². The largest absolute Gasteiger partial charge is 0.337 e. The summed E-state index contributed by atoms with van der Waals surface area (Å²) >= 11 is 0. The number of pyridine rings is 1. The molecule has 0 unspecified atom stereocenters. The second kappa shape index (κ2) is 6.46. The van der Waals surface area contributed by atoms with Gasteiger partial charge in [-0.2, -0.15) is 0 Å². The van der Waals surface area contributed by atoms with Crippen LogP contribution < -0.4 is 5.32 Å². The molecule has 0 bridgehead atoms. The Labute approximate surface area is 156 Å². The van der Waals surface area contributed by atoms with E-state index in [0.29, 0.717) is 17.5 Å². The highest BCUT2D eigenvalue weighted by Crippen LogP contribution is 2.26. The number of carbonyl (C=O) groups is 1. The van der Waals surface area contributed by atoms with Crippen molar-refractivity contribution in [2.24, 2.45) is 5.92 Å². The maximum atomic E-state index is 13.1. The van der Waals surface area contributed by atoms with Crippen LogP contribution >= 0.6 is 0 Å². The number of nitrogens with zero attached hydrogens (tertiary/aromatic N) is 3. The van der Waals surface area contributed by atoms with Gasteiger partial charge in [0, 0.05) is 37.1 Å². The molecule has 2 atom stereocenters. The summed E-state index contributed by atoms with van der Waals surface area (Å²) in [5, 5.41) is 3.54. The van der Waals surface area contributed by atoms with Gasteiger partial charge in [0.25, 0.3) is 5.91 Å². The molecule has 1 aromatic carbocycles. The number of rotatable bonds is 2. The van der Waals surface area contributed by atoms with Gasteiger partial charge in [-0.3, -0.25) is 4.79 Å². The molecule has 2 fully saturated rings. The number of halogens is 1. The molecule has 5 rings (SSSR count). The lowest BCUT2D eigenvalue weighted by Gasteiger charge is -2.24. The van der Waals surface area contributed by atoms with Gasteiger partial charge in [-0.05, 0) is 61.7 Å². The van der Waals surface area contributed by atoms with Gasteiger partial charge < -0.3 is 14.6 Å². The number of piperidine rings is 1. The van der Waals surface area contributed by atoms with Gasteiger partial charge in [-0.25, -0.2) is 9.37 Å². The van der Waals surface area contributed by atoms with Crippen molar-refractivity contribution < 1.29 is 9.18 Å². The lowest BCUT2D eigenvalue weighted by molar-refractivity contribution is 0.0785. The molecule has 1 amide bonds. The third-order valence-electron chi connectivity index (χ3n) is 5.72. The molecule has 2 aliphatic heterocycles. The first-order chi connectivity index (χ1) is 13.2. The quantitative estimate of drug-likeness (QED) is 0.761. The zero-order valence-electron chi connectivity index (χ0n) is 14.9. The number of imidazole rings is 1. The van der Waals surface area contributed by atoms with Crippen molar-refractivity contribution in [3.8, 4) is 11.3 Å². The van der Waals surface area contributed by atoms with Crippen LogP contribution in [-0.2, 0) is 0 Å². The van der Waals surface area contributed by atoms with E-state index in [4.69, 9.17) is 0 Å². The average Bonchev–Trinajstić information content (AvgIpc) is 3.31. The molecule has 0 aliphatic carbocycles. The number of nitrogens with one attached hydrogen (secondary N) is 1. The number of fused-ring (bicyclic) bond motifs is 2. The third-order valence-corrected chi connectivity index (χ3v) is 5.72. The SMILES string of the molecule is O=C(c1ccc2nc(-c3ccc(F)cc3)cn2c1)N1C[C@@H]2CCCN[C@@H]2C1. The van der Waals surface area contributed by atoms with Crippen LogP contribution in [0.15, 0.2) is 48.8 Å². The van der Waals surface area contributed by atoms with Crippen LogP contribution in [0.3, 0.4) is 0 Å². The summed E-state index contributed by atoms with van der Waals surface area (Å²) < 4.78 is 15.0. The van der Waals surface area contributed by atoms with E-state index in [1.165, 1.54) is 25.0 Å². The monoisotopic (exact) mass is 364 g/mol. The molecule has 2 aromatic heterocycles. The molecule has 2 saturated heterocycles. The zero-order valence-corrected chi connectivity index (χ0v) is 14.9. The molecular formula is C21H21FN4O. The topological polar surface area (TPSA) is 49.6 Å². The smallest absolute Gasteiger partial charge is 0.255 e. The lowest BCUT2D eigenvalue weighted by Crippen LogP contribution is -2.41. The van der Waals surface area contributed by atoms with Crippen LogP contribution in [0.1, 0.15) is 23.2 Å². The Morgan fingerprint density at radius 1 is 1.11 bits per heavy atom. The number of amides is 1. The molecule has 1 N–H and O–H groups in total. The van der Waals surface area contributed by atoms with Crippen LogP contribution in [0.4, 0.5) is 4.39 Å². The Morgan fingerprint density at radius 3 is 2.78 bits per heavy atom. The maximum absolute atomic E-state index is 13.1. The van der Waals surface area contributed by atoms with Crippen molar-refractivity contribution in [2.75, 3.05) is 19.6 Å². The van der Waals surface area contributed by atoms with Crippen molar-refractivity contribution in [1.82, 2.24) is 19.6 Å². The summed E-state index contributed by atoms with van der Waals surface area (Å²) in [6.07, 6.45) is 6.11. The predicted octanol–water partition coefficient (Wildman–Crippen LogP) is 2.96. The first kappa shape index (κ1) is 16.4. The Balaban J connectivity index is 1.41. The van der Waals surface area contributed by atoms with Crippen molar-refractivity contribution >= 4 is 11.6 Å². The third kappa shape index (κ3) is 3.00. The average molecular weight is 364 g/mol. The van der Waals surface area contributed by atoms with Crippen molar-refractivity contribution in [1.29, 1.82) is 0 Å². The minimum atomic E-state index is -0.268. The fourth-order valence-corrected chi connectivity index (χ4v) is 4.27. The van der Waals surface area contributed by atoms with Gasteiger partial charge in [0.15, 0.2) is 0 Å². The van der Waals surface area contributed by atoms with Crippen molar-refractivity contribution in [3.05, 3.63) is 60.2 Å². The summed E-state index contributed by atoms with van der Waals surface area (Å²) in [5.74, 6) is 0.381. The fraction of sp³-hybridized carbons (Fsp3) is 0.333. The van der Waals surface area contributed by atoms with Gasteiger partial charge in [0.2, 0.25) is 0 Å². The molecule has 0 saturated carbocycles. The predicted molar refractivity (Wildman–Crippen MR) is 101 cm³/mol. The maximum Gasteiger partial charge on any atom is 0.255 e. The second-order valence-corrected chi connectivity index (χ2v) is 7.49. The summed E-state index contributed by atoms with van der Waals surface area (Å²) in [4.78, 5) is 19.5. The molecule has 0 radical (unpaired) electrons. The number of hydrogen-bond acceptors (Lipinski definition) is 3. The van der Waals surface area contributed by atoms with Gasteiger partial charge in [0.1, 0.15) is 11.5 Å². The van der Waals surface area contributed by atoms with Gasteiger partial charge in [0.05, 0.1) is 11.3 Å². The van der Waals surface area contributed by atoms with Crippen LogP contribution in [0.2, 0.25) is 0 Å². The molecule has 6 heteroatoms. The van der Waals surface area contributed by atoms with Gasteiger partial charge in [-0.1, -0.05) is 0 Å². The second-order valence-electron chi connectivity index (χ2n) is 7.49. The molecule has 3 aromatic rings. The Kier molecular flexibility index (Phi) is 3.93. The lowest BCUT2D eigenvalue weighted by atomic mass is 9.94. The molecule has 27 heavy (non-hydrogen) atoms. The Hall–Kier alpha value is -2.73. The highest BCUT2D eigenvalue weighted by Gasteiger charge is 2.36. The number of carbonyl (C=O) groups excluding carboxylic acids is 1. The zero-order chi connectivity index (χ0) is 18.4. The van der Waals surface area contributed by atoms with Gasteiger partial charge >= 0.3 is 0 Å². The first-order valence-corrected chi connectivity index (χ1v) is 9.45. The number of likely N-dealkylation sites (tertiary alicyclic amines) is 1. The fourth-order valence-electron chi connectivity index (χ4n) is 4.27. The molecule has 5 nitrogen and oxygen atoms in total. The standard InChI is InChI=1S/C21H21FN4O/c22-17-6-3-14(4-7-17)19-13-25-11-16(5-8-20(25)24-19)21(27)26-10-15-2-1-9-23-18(15)12-26/h3-8,11,13,15,18,23H,1-2,9-10,12H2/t15-,18+/m0/s1. The minimum absolute atomic E-state index is 0.0742. The molecule has 4 heterocycles. The highest BCUT2D eigenvalue weighted by atomic mass is 19.1. The molecule has 2 aliphatic rings. The number of benzene rings is 1.